The van der Waals surface area contributed by atoms with Crippen molar-refractivity contribution in [2.24, 2.45) is 35.2 Å². The fraction of sp³-hybridized carbons (Fsp3) is 0.312. The second-order valence-corrected chi connectivity index (χ2v) is 23.5. The van der Waals surface area contributed by atoms with Gasteiger partial charge in [-0.15, -0.1) is 0 Å². The van der Waals surface area contributed by atoms with E-state index in [0.717, 1.165) is 39.3 Å². The van der Waals surface area contributed by atoms with Gasteiger partial charge in [0.1, 0.15) is 35.2 Å². The Kier molecular flexibility index (Phi) is 16.9. The van der Waals surface area contributed by atoms with Gasteiger partial charge in [0.25, 0.3) is 0 Å². The quantitative estimate of drug-likeness (QED) is 0.153. The highest BCUT2D eigenvalue weighted by Gasteiger charge is 2.20. The van der Waals surface area contributed by atoms with Crippen LogP contribution in [0.15, 0.2) is 152 Å². The average molecular weight is 1140 g/mol. The van der Waals surface area contributed by atoms with Crippen LogP contribution >= 0.6 is 0 Å². The van der Waals surface area contributed by atoms with Crippen LogP contribution < -0.4 is 22.8 Å². The van der Waals surface area contributed by atoms with Crippen LogP contribution in [0.2, 0.25) is 0 Å². The molecule has 85 heavy (non-hydrogen) atoms. The molecule has 0 radical (unpaired) electrons. The molecule has 0 spiro atoms. The third-order valence-corrected chi connectivity index (χ3v) is 16.6. The van der Waals surface area contributed by atoms with Crippen molar-refractivity contribution in [3.05, 3.63) is 264 Å². The lowest BCUT2D eigenvalue weighted by Gasteiger charge is -2.10. The topological polar surface area (TPSA) is 19.4 Å². The first-order valence-electron chi connectivity index (χ1n) is 35.2. The number of aromatic nitrogens is 5. The highest BCUT2D eigenvalue weighted by Crippen LogP contribution is 2.30. The Labute approximate surface area is 530 Å². The summed E-state index contributed by atoms with van der Waals surface area (Å²) < 4.78 is 100. The molecule has 5 aromatic heterocycles. The standard InChI is InChI=1S/5C16H20N/c1-11-6-9-16(17(5)10-11)15-8-7-12(2)13(3)14(15)4;2*1-11-6-9-15(17(5)10-11)16-13(3)8-7-12(2)14(16)4;2*1-11-6-7-16(17(5)10-11)15-9-12(2)8-13(3)14(15)4/h5*6-10H,1-5H3/q5*+1/i1D3,2D3;1D3;;1D3;. The van der Waals surface area contributed by atoms with Gasteiger partial charge in [-0.2, -0.15) is 0 Å². The maximum atomic E-state index is 7.59. The molecule has 5 aromatic carbocycles. The minimum Gasteiger partial charge on any atom is -0.201 e. The molecule has 440 valence electrons. The molecule has 5 heterocycles. The molecule has 0 N–H and O–H groups in total. The lowest BCUT2D eigenvalue weighted by Crippen LogP contribution is -2.31. The smallest absolute Gasteiger partial charge is 0.201 e. The van der Waals surface area contributed by atoms with Crippen LogP contribution in [0.25, 0.3) is 56.3 Å². The molecule has 0 aliphatic rings. The molecule has 5 heteroatoms. The van der Waals surface area contributed by atoms with Crippen molar-refractivity contribution >= 4 is 0 Å². The third kappa shape index (κ3) is 16.2. The lowest BCUT2D eigenvalue weighted by atomic mass is 9.95. The number of nitrogens with zero attached hydrogens (tertiary/aromatic N) is 5. The summed E-state index contributed by atoms with van der Waals surface area (Å²) in [5.41, 5.74) is 32.5. The number of pyridine rings is 5. The average Bonchev–Trinajstić information content (AvgIpc) is 0.821. The zero-order chi connectivity index (χ0) is 72.9. The first-order chi connectivity index (χ1) is 44.8. The van der Waals surface area contributed by atoms with Gasteiger partial charge in [0.05, 0.1) is 11.1 Å². The molecule has 0 saturated heterocycles. The monoisotopic (exact) mass is 1140 g/mol. The number of hydrogen-bond donors (Lipinski definition) is 0. The molecule has 0 fully saturated rings. The van der Waals surface area contributed by atoms with Gasteiger partial charge in [-0.3, -0.25) is 0 Å². The first-order valence-corrected chi connectivity index (χ1v) is 29.2. The highest BCUT2D eigenvalue weighted by molar-refractivity contribution is 5.69. The van der Waals surface area contributed by atoms with E-state index in [1.807, 2.05) is 42.3 Å². The Morgan fingerprint density at radius 3 is 0.871 bits per heavy atom. The second-order valence-electron chi connectivity index (χ2n) is 23.5. The molecule has 0 saturated carbocycles. The molecule has 0 aliphatic carbocycles. The fourth-order valence-corrected chi connectivity index (χ4v) is 11.1. The van der Waals surface area contributed by atoms with Crippen molar-refractivity contribution in [2.45, 2.75) is 138 Å². The van der Waals surface area contributed by atoms with E-state index in [4.69, 9.17) is 16.4 Å². The van der Waals surface area contributed by atoms with Crippen molar-refractivity contribution in [1.29, 1.82) is 0 Å². The molecule has 0 amide bonds. The van der Waals surface area contributed by atoms with Gasteiger partial charge < -0.3 is 0 Å². The van der Waals surface area contributed by atoms with Gasteiger partial charge in [0, 0.05) is 91.3 Å². The van der Waals surface area contributed by atoms with Crippen LogP contribution in [-0.2, 0) is 35.2 Å². The van der Waals surface area contributed by atoms with E-state index >= 15 is 0 Å². The van der Waals surface area contributed by atoms with Gasteiger partial charge >= 0.3 is 0 Å². The Bertz CT molecular complexity index is 4530. The van der Waals surface area contributed by atoms with Crippen LogP contribution in [0.5, 0.6) is 0 Å². The highest BCUT2D eigenvalue weighted by atomic mass is 14.9. The molecule has 5 nitrogen and oxygen atoms in total. The van der Waals surface area contributed by atoms with Gasteiger partial charge in [-0.25, -0.2) is 22.8 Å². The molecular formula is C80H100N5+5. The summed E-state index contributed by atoms with van der Waals surface area (Å²) in [7, 11) is 9.80. The van der Waals surface area contributed by atoms with Crippen LogP contribution in [0.3, 0.4) is 0 Å². The Morgan fingerprint density at radius 2 is 0.529 bits per heavy atom. The minimum atomic E-state index is -2.15. The first kappa shape index (κ1) is 50.2. The largest absolute Gasteiger partial charge is 0.212 e. The van der Waals surface area contributed by atoms with E-state index in [9.17, 15) is 0 Å². The van der Waals surface area contributed by atoms with E-state index in [2.05, 4.69) is 205 Å². The van der Waals surface area contributed by atoms with Crippen molar-refractivity contribution in [3.8, 4) is 56.3 Å². The molecule has 10 rings (SSSR count). The molecule has 0 bridgehead atoms. The van der Waals surface area contributed by atoms with Gasteiger partial charge in [0.2, 0.25) is 28.5 Å². The van der Waals surface area contributed by atoms with Crippen LogP contribution in [-0.4, -0.2) is 0 Å². The van der Waals surface area contributed by atoms with E-state index in [1.54, 1.807) is 73.5 Å². The molecule has 10 aromatic rings. The summed E-state index contributed by atoms with van der Waals surface area (Å²) in [6, 6.07) is 40.2. The zero-order valence-electron chi connectivity index (χ0n) is 66.7. The summed E-state index contributed by atoms with van der Waals surface area (Å²) in [6.45, 7) is 25.2. The molecule has 0 atom stereocenters. The van der Waals surface area contributed by atoms with E-state index in [-0.39, 0.29) is 5.56 Å². The molecular weight excluding hydrogens is 1030 g/mol. The van der Waals surface area contributed by atoms with Gasteiger partial charge in [0.15, 0.2) is 31.0 Å². The fourth-order valence-electron chi connectivity index (χ4n) is 11.1. The van der Waals surface area contributed by atoms with E-state index in [0.29, 0.717) is 16.7 Å². The Hall–Kier alpha value is -8.15. The van der Waals surface area contributed by atoms with Crippen LogP contribution in [0, 0.1) is 138 Å². The van der Waals surface area contributed by atoms with Crippen LogP contribution in [0.4, 0.5) is 0 Å². The Morgan fingerprint density at radius 1 is 0.224 bits per heavy atom. The molecule has 0 unspecified atom stereocenters. The summed E-state index contributed by atoms with van der Waals surface area (Å²) in [6.07, 6.45) is 9.33. The maximum absolute atomic E-state index is 7.59. The predicted octanol–water partition coefficient (Wildman–Crippen LogP) is 17.1. The van der Waals surface area contributed by atoms with E-state index < -0.39 is 27.4 Å². The molecule has 0 aliphatic heterocycles. The van der Waals surface area contributed by atoms with E-state index in [1.165, 1.54) is 106 Å². The van der Waals surface area contributed by atoms with Crippen molar-refractivity contribution in [1.82, 2.24) is 0 Å². The predicted molar refractivity (Wildman–Crippen MR) is 360 cm³/mol. The number of hydrogen-bond acceptors (Lipinski definition) is 0. The zero-order valence-corrected chi connectivity index (χ0v) is 54.7. The van der Waals surface area contributed by atoms with Crippen molar-refractivity contribution < 1.29 is 39.3 Å². The lowest BCUT2D eigenvalue weighted by molar-refractivity contribution is -0.660. The number of aryl methyl sites for hydroxylation is 19. The number of rotatable bonds is 5. The number of benzene rings is 5. The SMILES string of the molecule is Cc1cc(C)c(C)c(-c2ccc(C)c[n+]2C)c1.Cc1ccc(-c2c(C)ccc(C)c2C)[n+](C)c1.[2H]C([2H])([2H])c1ccc(-c2c(C)ccc(C)c2C)[n+](C)c1.[2H]C([2H])([2H])c1ccc(-c2cc(C)cc(C)c2C)[n+](C)c1.[2H]C([2H])([2H])c1ccc(-c2ccc(C([2H])([2H])[2H])c(C)c2C)[n+](C)c1. The normalized spacial score (nSPS) is 13.3. The maximum Gasteiger partial charge on any atom is 0.212 e. The summed E-state index contributed by atoms with van der Waals surface area (Å²) in [4.78, 5) is 0. The van der Waals surface area contributed by atoms with Crippen molar-refractivity contribution in [3.63, 3.8) is 0 Å². The summed E-state index contributed by atoms with van der Waals surface area (Å²) >= 11 is 0. The summed E-state index contributed by atoms with van der Waals surface area (Å²) in [5, 5.41) is 0. The van der Waals surface area contributed by atoms with Crippen molar-refractivity contribution in [2.75, 3.05) is 0 Å². The second kappa shape index (κ2) is 28.6. The van der Waals surface area contributed by atoms with Crippen LogP contribution in [0.1, 0.15) is 128 Å². The summed E-state index contributed by atoms with van der Waals surface area (Å²) in [5.74, 6) is 0. The Balaban J connectivity index is 0.000000192. The van der Waals surface area contributed by atoms with Gasteiger partial charge in [-0.1, -0.05) is 53.6 Å². The third-order valence-electron chi connectivity index (χ3n) is 16.6. The van der Waals surface area contributed by atoms with Gasteiger partial charge in [-0.05, 0) is 259 Å². The minimum absolute atomic E-state index is 0.275.